The summed E-state index contributed by atoms with van der Waals surface area (Å²) in [6.45, 7) is 5.83. The Morgan fingerprint density at radius 2 is 2.12 bits per heavy atom. The molecule has 0 radical (unpaired) electrons. The van der Waals surface area contributed by atoms with Crippen molar-refractivity contribution in [1.82, 2.24) is 9.88 Å². The van der Waals surface area contributed by atoms with E-state index < -0.39 is 0 Å². The molecule has 2 heterocycles. The summed E-state index contributed by atoms with van der Waals surface area (Å²) in [5, 5.41) is 0. The summed E-state index contributed by atoms with van der Waals surface area (Å²) in [4.78, 5) is 7.00. The third-order valence-corrected chi connectivity index (χ3v) is 4.10. The van der Waals surface area contributed by atoms with Gasteiger partial charge in [-0.05, 0) is 49.4 Å². The van der Waals surface area contributed by atoms with Gasteiger partial charge in [0.1, 0.15) is 0 Å². The van der Waals surface area contributed by atoms with Crippen LogP contribution in [0.5, 0.6) is 0 Å². The summed E-state index contributed by atoms with van der Waals surface area (Å²) in [6, 6.07) is 4.44. The van der Waals surface area contributed by atoms with Gasteiger partial charge in [0.2, 0.25) is 0 Å². The fraction of sp³-hybridized carbons (Fsp3) is 0.643. The van der Waals surface area contributed by atoms with E-state index in [0.717, 1.165) is 18.1 Å². The van der Waals surface area contributed by atoms with Gasteiger partial charge >= 0.3 is 0 Å². The number of nitrogens with zero attached hydrogens (tertiary/aromatic N) is 2. The zero-order valence-electron chi connectivity index (χ0n) is 10.7. The van der Waals surface area contributed by atoms with Crippen molar-refractivity contribution >= 4 is 11.8 Å². The van der Waals surface area contributed by atoms with Crippen molar-refractivity contribution in [3.05, 3.63) is 29.6 Å². The zero-order valence-corrected chi connectivity index (χ0v) is 11.5. The minimum Gasteiger partial charge on any atom is -0.299 e. The molecule has 2 nitrogen and oxygen atoms in total. The number of hydrogen-bond acceptors (Lipinski definition) is 3. The first-order chi connectivity index (χ1) is 8.38. The largest absolute Gasteiger partial charge is 0.299 e. The predicted octanol–water partition coefficient (Wildman–Crippen LogP) is 3.32. The van der Waals surface area contributed by atoms with Crippen LogP contribution in [-0.2, 0) is 12.3 Å². The molecule has 0 saturated carbocycles. The number of likely N-dealkylation sites (tertiary alicyclic amines) is 1. The van der Waals surface area contributed by atoms with Crippen LogP contribution in [0.25, 0.3) is 0 Å². The highest BCUT2D eigenvalue weighted by atomic mass is 32.2. The molecule has 1 aliphatic rings. The second kappa shape index (κ2) is 7.02. The van der Waals surface area contributed by atoms with E-state index in [1.54, 1.807) is 0 Å². The fourth-order valence-electron chi connectivity index (χ4n) is 2.29. The lowest BCUT2D eigenvalue weighted by molar-refractivity contribution is 0.221. The van der Waals surface area contributed by atoms with Crippen molar-refractivity contribution in [1.29, 1.82) is 0 Å². The highest BCUT2D eigenvalue weighted by molar-refractivity contribution is 7.98. The highest BCUT2D eigenvalue weighted by Gasteiger charge is 2.10. The van der Waals surface area contributed by atoms with Crippen LogP contribution in [-0.4, -0.2) is 28.7 Å². The quantitative estimate of drug-likeness (QED) is 0.797. The topological polar surface area (TPSA) is 16.1 Å². The Hall–Kier alpha value is -0.540. The highest BCUT2D eigenvalue weighted by Crippen LogP contribution is 2.15. The van der Waals surface area contributed by atoms with Gasteiger partial charge in [-0.25, -0.2) is 0 Å². The smallest absolute Gasteiger partial charge is 0.0505 e. The Morgan fingerprint density at radius 3 is 2.88 bits per heavy atom. The molecule has 1 saturated heterocycles. The number of pyridine rings is 1. The van der Waals surface area contributed by atoms with Crippen LogP contribution in [0, 0.1) is 0 Å². The van der Waals surface area contributed by atoms with E-state index in [1.807, 2.05) is 18.0 Å². The van der Waals surface area contributed by atoms with Crippen LogP contribution in [0.1, 0.15) is 37.4 Å². The maximum Gasteiger partial charge on any atom is 0.0505 e. The Kier molecular flexibility index (Phi) is 5.33. The van der Waals surface area contributed by atoms with Gasteiger partial charge in [-0.2, -0.15) is 11.8 Å². The molecule has 17 heavy (non-hydrogen) atoms. The first kappa shape index (κ1) is 12.9. The molecule has 0 aromatic carbocycles. The molecule has 0 aliphatic carbocycles. The fourth-order valence-corrected chi connectivity index (χ4v) is 2.86. The molecule has 0 N–H and O–H groups in total. The minimum absolute atomic E-state index is 1.05. The molecule has 0 amide bonds. The molecule has 1 aromatic heterocycles. The predicted molar refractivity (Wildman–Crippen MR) is 75.2 cm³/mol. The van der Waals surface area contributed by atoms with Crippen molar-refractivity contribution in [3.8, 4) is 0 Å². The maximum absolute atomic E-state index is 4.43. The molecule has 94 valence electrons. The van der Waals surface area contributed by atoms with Gasteiger partial charge < -0.3 is 0 Å². The van der Waals surface area contributed by atoms with E-state index >= 15 is 0 Å². The summed E-state index contributed by atoms with van der Waals surface area (Å²) < 4.78 is 0. The first-order valence-corrected chi connectivity index (χ1v) is 7.78. The second-order valence-corrected chi connectivity index (χ2v) is 5.90. The normalized spacial score (nSPS) is 17.2. The Balaban J connectivity index is 1.90. The van der Waals surface area contributed by atoms with Crippen LogP contribution in [0.4, 0.5) is 0 Å². The lowest BCUT2D eigenvalue weighted by Crippen LogP contribution is -2.29. The summed E-state index contributed by atoms with van der Waals surface area (Å²) in [5.74, 6) is 2.21. The minimum atomic E-state index is 1.05. The Labute approximate surface area is 109 Å². The number of rotatable bonds is 5. The third-order valence-electron chi connectivity index (χ3n) is 3.19. The molecule has 1 aromatic rings. The molecule has 0 unspecified atom stereocenters. The van der Waals surface area contributed by atoms with Crippen LogP contribution in [0.2, 0.25) is 0 Å². The van der Waals surface area contributed by atoms with Crippen LogP contribution in [0.3, 0.4) is 0 Å². The van der Waals surface area contributed by atoms with Crippen molar-refractivity contribution in [2.24, 2.45) is 0 Å². The lowest BCUT2D eigenvalue weighted by Gasteiger charge is -2.26. The lowest BCUT2D eigenvalue weighted by atomic mass is 10.1. The maximum atomic E-state index is 4.43. The Bertz CT molecular complexity index is 335. The SMILES string of the molecule is CCSCc1cc(CN2CCCCC2)ccn1. The molecule has 1 fully saturated rings. The van der Waals surface area contributed by atoms with Gasteiger partial charge in [0.05, 0.1) is 5.69 Å². The van der Waals surface area contributed by atoms with Crippen LogP contribution >= 0.6 is 11.8 Å². The van der Waals surface area contributed by atoms with Crippen molar-refractivity contribution in [2.75, 3.05) is 18.8 Å². The number of aromatic nitrogens is 1. The standard InChI is InChI=1S/C14H22N2S/c1-2-17-12-14-10-13(6-7-15-14)11-16-8-4-3-5-9-16/h6-7,10H,2-5,8-9,11-12H2,1H3. The van der Waals surface area contributed by atoms with E-state index in [4.69, 9.17) is 0 Å². The summed E-state index contributed by atoms with van der Waals surface area (Å²) in [5.41, 5.74) is 2.65. The Morgan fingerprint density at radius 1 is 1.29 bits per heavy atom. The van der Waals surface area contributed by atoms with Gasteiger partial charge in [-0.1, -0.05) is 13.3 Å². The van der Waals surface area contributed by atoms with Gasteiger partial charge in [-0.15, -0.1) is 0 Å². The van der Waals surface area contributed by atoms with E-state index in [2.05, 4.69) is 28.9 Å². The third kappa shape index (κ3) is 4.32. The summed E-state index contributed by atoms with van der Waals surface area (Å²) in [6.07, 6.45) is 6.10. The average molecular weight is 250 g/mol. The summed E-state index contributed by atoms with van der Waals surface area (Å²) in [7, 11) is 0. The molecule has 3 heteroatoms. The first-order valence-electron chi connectivity index (χ1n) is 6.62. The molecule has 1 aliphatic heterocycles. The van der Waals surface area contributed by atoms with E-state index in [1.165, 1.54) is 43.6 Å². The van der Waals surface area contributed by atoms with Gasteiger partial charge in [0.25, 0.3) is 0 Å². The molecule has 0 spiro atoms. The van der Waals surface area contributed by atoms with E-state index in [0.29, 0.717) is 0 Å². The monoisotopic (exact) mass is 250 g/mol. The number of hydrogen-bond donors (Lipinski definition) is 0. The number of piperidine rings is 1. The van der Waals surface area contributed by atoms with Crippen LogP contribution < -0.4 is 0 Å². The molecule has 0 bridgehead atoms. The summed E-state index contributed by atoms with van der Waals surface area (Å²) >= 11 is 1.94. The van der Waals surface area contributed by atoms with E-state index in [-0.39, 0.29) is 0 Å². The number of thioether (sulfide) groups is 1. The van der Waals surface area contributed by atoms with Crippen molar-refractivity contribution < 1.29 is 0 Å². The average Bonchev–Trinajstić information content (AvgIpc) is 2.38. The van der Waals surface area contributed by atoms with Gasteiger partial charge in [0.15, 0.2) is 0 Å². The van der Waals surface area contributed by atoms with Crippen molar-refractivity contribution in [2.45, 2.75) is 38.5 Å². The zero-order chi connectivity index (χ0) is 11.9. The van der Waals surface area contributed by atoms with Gasteiger partial charge in [0, 0.05) is 18.5 Å². The van der Waals surface area contributed by atoms with Crippen molar-refractivity contribution in [3.63, 3.8) is 0 Å². The molecular weight excluding hydrogens is 228 g/mol. The molecular formula is C14H22N2S. The van der Waals surface area contributed by atoms with Gasteiger partial charge in [-0.3, -0.25) is 9.88 Å². The van der Waals surface area contributed by atoms with Crippen LogP contribution in [0.15, 0.2) is 18.3 Å². The van der Waals surface area contributed by atoms with E-state index in [9.17, 15) is 0 Å². The molecule has 2 rings (SSSR count). The second-order valence-electron chi connectivity index (χ2n) is 4.63. The molecule has 0 atom stereocenters.